The third-order valence-corrected chi connectivity index (χ3v) is 4.04. The van der Waals surface area contributed by atoms with E-state index < -0.39 is 0 Å². The predicted octanol–water partition coefficient (Wildman–Crippen LogP) is 5.20. The van der Waals surface area contributed by atoms with Crippen molar-refractivity contribution >= 4 is 11.0 Å². The molecule has 128 valence electrons. The molecule has 3 heteroatoms. The molecule has 0 saturated heterocycles. The van der Waals surface area contributed by atoms with Crippen LogP contribution in [-0.2, 0) is 0 Å². The highest BCUT2D eigenvalue weighted by Crippen LogP contribution is 2.27. The Balaban J connectivity index is 0.000000726. The predicted molar refractivity (Wildman–Crippen MR) is 106 cm³/mol. The second-order valence-corrected chi connectivity index (χ2v) is 5.47. The quantitative estimate of drug-likeness (QED) is 0.497. The van der Waals surface area contributed by atoms with Gasteiger partial charge in [0.2, 0.25) is 0 Å². The zero-order valence-electron chi connectivity index (χ0n) is 14.9. The summed E-state index contributed by atoms with van der Waals surface area (Å²) < 4.78 is 2.12. The Labute approximate surface area is 148 Å². The third kappa shape index (κ3) is 3.62. The standard InChI is InChI=1S/C20H16N2.C2H6.H2O/c1-15-7-5-6-10-18(15)16-11-12-20-19(13-16)21-14-22(20)17-8-3-2-4-9-17;1-2;/h2-14H,1H3;1-2H3;1H2. The van der Waals surface area contributed by atoms with Gasteiger partial charge in [-0.1, -0.05) is 62.4 Å². The summed E-state index contributed by atoms with van der Waals surface area (Å²) in [6, 6.07) is 25.2. The Bertz CT molecular complexity index is 943. The SMILES string of the molecule is CC.Cc1ccccc1-c1ccc2c(c1)ncn2-c1ccccc1.O. The zero-order chi connectivity index (χ0) is 16.9. The number of imidazole rings is 1. The summed E-state index contributed by atoms with van der Waals surface area (Å²) >= 11 is 0. The van der Waals surface area contributed by atoms with Crippen molar-refractivity contribution < 1.29 is 5.48 Å². The van der Waals surface area contributed by atoms with Crippen molar-refractivity contribution in [1.82, 2.24) is 9.55 Å². The van der Waals surface area contributed by atoms with E-state index in [4.69, 9.17) is 0 Å². The van der Waals surface area contributed by atoms with Crippen LogP contribution in [0.25, 0.3) is 27.8 Å². The second-order valence-electron chi connectivity index (χ2n) is 5.47. The van der Waals surface area contributed by atoms with Crippen molar-refractivity contribution in [3.05, 3.63) is 84.7 Å². The van der Waals surface area contributed by atoms with E-state index in [9.17, 15) is 0 Å². The van der Waals surface area contributed by atoms with Gasteiger partial charge in [0.05, 0.1) is 11.0 Å². The molecule has 0 aliphatic rings. The zero-order valence-corrected chi connectivity index (χ0v) is 14.9. The van der Waals surface area contributed by atoms with Crippen molar-refractivity contribution in [1.29, 1.82) is 0 Å². The van der Waals surface area contributed by atoms with Crippen LogP contribution in [0.15, 0.2) is 79.1 Å². The number of nitrogens with zero attached hydrogens (tertiary/aromatic N) is 2. The van der Waals surface area contributed by atoms with Crippen molar-refractivity contribution in [2.24, 2.45) is 0 Å². The van der Waals surface area contributed by atoms with Gasteiger partial charge in [0.15, 0.2) is 0 Å². The van der Waals surface area contributed by atoms with Gasteiger partial charge in [0.1, 0.15) is 6.33 Å². The molecule has 0 saturated carbocycles. The van der Waals surface area contributed by atoms with E-state index in [1.807, 2.05) is 38.4 Å². The monoisotopic (exact) mass is 332 g/mol. The number of aryl methyl sites for hydroxylation is 1. The largest absolute Gasteiger partial charge is 0.412 e. The molecule has 0 radical (unpaired) electrons. The van der Waals surface area contributed by atoms with Crippen LogP contribution in [0, 0.1) is 6.92 Å². The first-order valence-electron chi connectivity index (χ1n) is 8.41. The van der Waals surface area contributed by atoms with Gasteiger partial charge in [0, 0.05) is 5.69 Å². The molecule has 0 aliphatic carbocycles. The Hall–Kier alpha value is -2.91. The van der Waals surface area contributed by atoms with Crippen molar-refractivity contribution in [2.75, 3.05) is 0 Å². The molecule has 0 bridgehead atoms. The summed E-state index contributed by atoms with van der Waals surface area (Å²) in [5.41, 5.74) is 7.04. The van der Waals surface area contributed by atoms with Gasteiger partial charge in [-0.05, 0) is 47.9 Å². The normalized spacial score (nSPS) is 9.88. The van der Waals surface area contributed by atoms with Gasteiger partial charge in [-0.25, -0.2) is 4.98 Å². The van der Waals surface area contributed by atoms with Crippen molar-refractivity contribution in [3.63, 3.8) is 0 Å². The maximum Gasteiger partial charge on any atom is 0.100 e. The Morgan fingerprint density at radius 1 is 0.800 bits per heavy atom. The lowest BCUT2D eigenvalue weighted by molar-refractivity contribution is 0.824. The molecule has 4 rings (SSSR count). The molecule has 3 nitrogen and oxygen atoms in total. The summed E-state index contributed by atoms with van der Waals surface area (Å²) in [6.45, 7) is 6.14. The molecule has 0 aliphatic heterocycles. The van der Waals surface area contributed by atoms with Crippen LogP contribution >= 0.6 is 0 Å². The molecule has 0 unspecified atom stereocenters. The van der Waals surface area contributed by atoms with Crippen LogP contribution in [-0.4, -0.2) is 15.0 Å². The van der Waals surface area contributed by atoms with Crippen LogP contribution < -0.4 is 0 Å². The van der Waals surface area contributed by atoms with E-state index in [0.29, 0.717) is 0 Å². The first-order valence-corrected chi connectivity index (χ1v) is 8.41. The van der Waals surface area contributed by atoms with Crippen LogP contribution in [0.5, 0.6) is 0 Å². The number of benzene rings is 3. The van der Waals surface area contributed by atoms with E-state index in [1.54, 1.807) is 0 Å². The second kappa shape index (κ2) is 8.27. The first kappa shape index (κ1) is 18.4. The van der Waals surface area contributed by atoms with E-state index in [2.05, 4.69) is 71.1 Å². The Morgan fingerprint density at radius 3 is 2.20 bits per heavy atom. The molecule has 1 heterocycles. The molecule has 0 fully saturated rings. The Kier molecular flexibility index (Phi) is 6.09. The fraction of sp³-hybridized carbons (Fsp3) is 0.136. The molecule has 0 atom stereocenters. The summed E-state index contributed by atoms with van der Waals surface area (Å²) in [4.78, 5) is 4.57. The van der Waals surface area contributed by atoms with Gasteiger partial charge in [-0.3, -0.25) is 4.57 Å². The van der Waals surface area contributed by atoms with E-state index in [1.165, 1.54) is 16.7 Å². The minimum atomic E-state index is 0. The van der Waals surface area contributed by atoms with Crippen LogP contribution in [0.3, 0.4) is 0 Å². The number of para-hydroxylation sites is 1. The smallest absolute Gasteiger partial charge is 0.100 e. The lowest BCUT2D eigenvalue weighted by Crippen LogP contribution is -1.91. The fourth-order valence-corrected chi connectivity index (χ4v) is 2.87. The first-order chi connectivity index (χ1) is 11.8. The topological polar surface area (TPSA) is 49.3 Å². The van der Waals surface area contributed by atoms with Gasteiger partial charge in [-0.15, -0.1) is 0 Å². The fourth-order valence-electron chi connectivity index (χ4n) is 2.87. The molecule has 25 heavy (non-hydrogen) atoms. The van der Waals surface area contributed by atoms with Crippen LogP contribution in [0.2, 0.25) is 0 Å². The number of rotatable bonds is 2. The van der Waals surface area contributed by atoms with Gasteiger partial charge < -0.3 is 5.48 Å². The molecule has 1 aromatic heterocycles. The summed E-state index contributed by atoms with van der Waals surface area (Å²) in [6.07, 6.45) is 1.89. The van der Waals surface area contributed by atoms with E-state index in [-0.39, 0.29) is 5.48 Å². The summed E-state index contributed by atoms with van der Waals surface area (Å²) in [5.74, 6) is 0. The summed E-state index contributed by atoms with van der Waals surface area (Å²) in [7, 11) is 0. The average Bonchev–Trinajstić information content (AvgIpc) is 3.08. The molecule has 2 N–H and O–H groups in total. The Morgan fingerprint density at radius 2 is 1.48 bits per heavy atom. The van der Waals surface area contributed by atoms with Gasteiger partial charge in [-0.2, -0.15) is 0 Å². The van der Waals surface area contributed by atoms with Gasteiger partial charge in [0.25, 0.3) is 0 Å². The lowest BCUT2D eigenvalue weighted by Gasteiger charge is -2.07. The molecular formula is C22H24N2O. The highest BCUT2D eigenvalue weighted by atomic mass is 16.0. The molecule has 4 aromatic rings. The summed E-state index contributed by atoms with van der Waals surface area (Å²) in [5, 5.41) is 0. The highest BCUT2D eigenvalue weighted by molar-refractivity contribution is 5.84. The maximum absolute atomic E-state index is 4.57. The molecule has 3 aromatic carbocycles. The molecule has 0 spiro atoms. The lowest BCUT2D eigenvalue weighted by atomic mass is 10.0. The molecule has 0 amide bonds. The minimum absolute atomic E-state index is 0. The number of aromatic nitrogens is 2. The van der Waals surface area contributed by atoms with E-state index in [0.717, 1.165) is 16.7 Å². The number of fused-ring (bicyclic) bond motifs is 1. The van der Waals surface area contributed by atoms with Crippen LogP contribution in [0.4, 0.5) is 0 Å². The number of hydrogen-bond acceptors (Lipinski definition) is 1. The van der Waals surface area contributed by atoms with Crippen molar-refractivity contribution in [3.8, 4) is 16.8 Å². The molecular weight excluding hydrogens is 308 g/mol. The van der Waals surface area contributed by atoms with Crippen molar-refractivity contribution in [2.45, 2.75) is 20.8 Å². The maximum atomic E-state index is 4.57. The average molecular weight is 332 g/mol. The van der Waals surface area contributed by atoms with E-state index >= 15 is 0 Å². The third-order valence-electron chi connectivity index (χ3n) is 4.04. The number of hydrogen-bond donors (Lipinski definition) is 0. The van der Waals surface area contributed by atoms with Crippen LogP contribution in [0.1, 0.15) is 19.4 Å². The van der Waals surface area contributed by atoms with Gasteiger partial charge >= 0.3 is 0 Å². The highest BCUT2D eigenvalue weighted by Gasteiger charge is 2.07. The minimum Gasteiger partial charge on any atom is -0.412 e.